The Morgan fingerprint density at radius 3 is 2.50 bits per heavy atom. The maximum absolute atomic E-state index is 13.8. The summed E-state index contributed by atoms with van der Waals surface area (Å²) in [5, 5.41) is 0. The van der Waals surface area contributed by atoms with E-state index in [1.807, 2.05) is 44.2 Å². The van der Waals surface area contributed by atoms with Gasteiger partial charge in [0.25, 0.3) is 0 Å². The van der Waals surface area contributed by atoms with Gasteiger partial charge in [-0.1, -0.05) is 30.3 Å². The highest BCUT2D eigenvalue weighted by molar-refractivity contribution is 5.93. The number of para-hydroxylation sites is 1. The summed E-state index contributed by atoms with van der Waals surface area (Å²) in [4.78, 5) is 18.6. The number of amides is 1. The molecule has 0 N–H and O–H groups in total. The highest BCUT2D eigenvalue weighted by atomic mass is 19.1. The van der Waals surface area contributed by atoms with Crippen molar-refractivity contribution < 1.29 is 13.6 Å². The zero-order valence-corrected chi connectivity index (χ0v) is 14.9. The number of carbonyl (C=O) groups is 1. The summed E-state index contributed by atoms with van der Waals surface area (Å²) in [7, 11) is 0. The Bertz CT molecular complexity index is 874. The summed E-state index contributed by atoms with van der Waals surface area (Å²) in [6.45, 7) is 3.96. The summed E-state index contributed by atoms with van der Waals surface area (Å²) < 4.78 is 19.5. The molecule has 0 fully saturated rings. The van der Waals surface area contributed by atoms with Crippen molar-refractivity contribution in [1.29, 1.82) is 0 Å². The van der Waals surface area contributed by atoms with E-state index in [0.29, 0.717) is 23.6 Å². The zero-order valence-electron chi connectivity index (χ0n) is 14.9. The van der Waals surface area contributed by atoms with E-state index in [1.165, 1.54) is 12.3 Å². The second-order valence-corrected chi connectivity index (χ2v) is 6.29. The molecule has 5 heteroatoms. The van der Waals surface area contributed by atoms with Crippen molar-refractivity contribution >= 4 is 11.6 Å². The van der Waals surface area contributed by atoms with Gasteiger partial charge >= 0.3 is 0 Å². The van der Waals surface area contributed by atoms with Crippen molar-refractivity contribution in [3.05, 3.63) is 72.5 Å². The first-order valence-corrected chi connectivity index (χ1v) is 8.63. The van der Waals surface area contributed by atoms with E-state index in [4.69, 9.17) is 4.42 Å². The number of hydrogen-bond acceptors (Lipinski definition) is 3. The van der Waals surface area contributed by atoms with E-state index in [-0.39, 0.29) is 24.2 Å². The number of nitrogens with zero attached hydrogens (tertiary/aromatic N) is 2. The van der Waals surface area contributed by atoms with Gasteiger partial charge < -0.3 is 9.32 Å². The highest BCUT2D eigenvalue weighted by Crippen LogP contribution is 2.24. The van der Waals surface area contributed by atoms with Crippen LogP contribution < -0.4 is 4.90 Å². The Morgan fingerprint density at radius 2 is 1.81 bits per heavy atom. The summed E-state index contributed by atoms with van der Waals surface area (Å²) in [6.07, 6.45) is 2.13. The molecule has 0 aliphatic carbocycles. The minimum Gasteiger partial charge on any atom is -0.441 e. The van der Waals surface area contributed by atoms with Crippen LogP contribution in [0.1, 0.15) is 26.2 Å². The molecule has 3 rings (SSSR count). The minimum absolute atomic E-state index is 0.00292. The lowest BCUT2D eigenvalue weighted by Crippen LogP contribution is -2.37. The molecular formula is C21H21FN2O2. The molecule has 0 unspecified atom stereocenters. The number of aryl methyl sites for hydroxylation is 1. The second kappa shape index (κ2) is 7.95. The molecule has 0 saturated heterocycles. The van der Waals surface area contributed by atoms with Gasteiger partial charge in [-0.25, -0.2) is 9.37 Å². The SMILES string of the molecule is CC(C)N(C(=O)CCc1ncc(-c2ccccc2F)o1)c1ccccc1. The van der Waals surface area contributed by atoms with Crippen LogP contribution in [0.25, 0.3) is 11.3 Å². The topological polar surface area (TPSA) is 46.3 Å². The zero-order chi connectivity index (χ0) is 18.5. The van der Waals surface area contributed by atoms with E-state index in [9.17, 15) is 9.18 Å². The predicted molar refractivity (Wildman–Crippen MR) is 99.3 cm³/mol. The third-order valence-corrected chi connectivity index (χ3v) is 4.07. The smallest absolute Gasteiger partial charge is 0.227 e. The van der Waals surface area contributed by atoms with Crippen LogP contribution in [-0.2, 0) is 11.2 Å². The molecule has 0 atom stereocenters. The molecule has 1 heterocycles. The van der Waals surface area contributed by atoms with Crippen LogP contribution in [0.15, 0.2) is 65.2 Å². The van der Waals surface area contributed by atoms with Crippen molar-refractivity contribution in [3.8, 4) is 11.3 Å². The lowest BCUT2D eigenvalue weighted by atomic mass is 10.2. The number of hydrogen-bond donors (Lipinski definition) is 0. The average Bonchev–Trinajstić information content (AvgIpc) is 3.10. The van der Waals surface area contributed by atoms with Gasteiger partial charge in [0.2, 0.25) is 5.91 Å². The maximum Gasteiger partial charge on any atom is 0.227 e. The first kappa shape index (κ1) is 17.9. The third kappa shape index (κ3) is 3.99. The first-order valence-electron chi connectivity index (χ1n) is 8.63. The molecule has 4 nitrogen and oxygen atoms in total. The van der Waals surface area contributed by atoms with Crippen LogP contribution in [0.4, 0.5) is 10.1 Å². The molecule has 0 bridgehead atoms. The van der Waals surface area contributed by atoms with Gasteiger partial charge in [0, 0.05) is 24.6 Å². The van der Waals surface area contributed by atoms with Crippen molar-refractivity contribution in [2.75, 3.05) is 4.90 Å². The highest BCUT2D eigenvalue weighted by Gasteiger charge is 2.19. The Labute approximate surface area is 152 Å². The molecule has 3 aromatic rings. The van der Waals surface area contributed by atoms with Crippen molar-refractivity contribution in [2.24, 2.45) is 0 Å². The molecule has 0 aliphatic heterocycles. The Kier molecular flexibility index (Phi) is 5.46. The van der Waals surface area contributed by atoms with Gasteiger partial charge in [0.05, 0.1) is 11.8 Å². The van der Waals surface area contributed by atoms with Gasteiger partial charge in [-0.3, -0.25) is 4.79 Å². The molecule has 2 aromatic carbocycles. The quantitative estimate of drug-likeness (QED) is 0.637. The number of carbonyl (C=O) groups excluding carboxylic acids is 1. The fourth-order valence-corrected chi connectivity index (χ4v) is 2.86. The van der Waals surface area contributed by atoms with E-state index in [1.54, 1.807) is 23.1 Å². The second-order valence-electron chi connectivity index (χ2n) is 6.29. The van der Waals surface area contributed by atoms with Gasteiger partial charge in [-0.15, -0.1) is 0 Å². The molecular weight excluding hydrogens is 331 g/mol. The number of halogens is 1. The predicted octanol–water partition coefficient (Wildman–Crippen LogP) is 4.85. The van der Waals surface area contributed by atoms with Crippen LogP contribution in [0.2, 0.25) is 0 Å². The number of aromatic nitrogens is 1. The van der Waals surface area contributed by atoms with Crippen molar-refractivity contribution in [1.82, 2.24) is 4.98 Å². The van der Waals surface area contributed by atoms with Crippen LogP contribution >= 0.6 is 0 Å². The van der Waals surface area contributed by atoms with E-state index >= 15 is 0 Å². The number of oxazole rings is 1. The monoisotopic (exact) mass is 352 g/mol. The molecule has 0 saturated carbocycles. The molecule has 0 aliphatic rings. The normalized spacial score (nSPS) is 10.9. The number of anilines is 1. The van der Waals surface area contributed by atoms with Crippen LogP contribution in [0, 0.1) is 5.82 Å². The van der Waals surface area contributed by atoms with E-state index in [0.717, 1.165) is 5.69 Å². The average molecular weight is 352 g/mol. The molecule has 1 aromatic heterocycles. The summed E-state index contributed by atoms with van der Waals surface area (Å²) >= 11 is 0. The van der Waals surface area contributed by atoms with Crippen LogP contribution in [0.5, 0.6) is 0 Å². The minimum atomic E-state index is -0.360. The van der Waals surface area contributed by atoms with Gasteiger partial charge in [-0.05, 0) is 38.1 Å². The van der Waals surface area contributed by atoms with Crippen molar-refractivity contribution in [3.63, 3.8) is 0 Å². The standard InChI is InChI=1S/C21H21FN2O2/c1-15(2)24(16-8-4-3-5-9-16)21(25)13-12-20-23-14-19(26-20)17-10-6-7-11-18(17)22/h3-11,14-15H,12-13H2,1-2H3. The van der Waals surface area contributed by atoms with Crippen molar-refractivity contribution in [2.45, 2.75) is 32.7 Å². The lowest BCUT2D eigenvalue weighted by Gasteiger charge is -2.26. The first-order chi connectivity index (χ1) is 12.6. The van der Waals surface area contributed by atoms with E-state index in [2.05, 4.69) is 4.98 Å². The fraction of sp³-hybridized carbons (Fsp3) is 0.238. The molecule has 0 spiro atoms. The number of benzene rings is 2. The van der Waals surface area contributed by atoms with Gasteiger partial charge in [0.1, 0.15) is 5.82 Å². The lowest BCUT2D eigenvalue weighted by molar-refractivity contribution is -0.119. The fourth-order valence-electron chi connectivity index (χ4n) is 2.86. The molecule has 0 radical (unpaired) electrons. The summed E-state index contributed by atoms with van der Waals surface area (Å²) in [6, 6.07) is 16.0. The molecule has 134 valence electrons. The molecule has 26 heavy (non-hydrogen) atoms. The Hall–Kier alpha value is -2.95. The van der Waals surface area contributed by atoms with Gasteiger partial charge in [-0.2, -0.15) is 0 Å². The summed E-state index contributed by atoms with van der Waals surface area (Å²) in [5.74, 6) is 0.431. The van der Waals surface area contributed by atoms with Crippen LogP contribution in [-0.4, -0.2) is 16.9 Å². The van der Waals surface area contributed by atoms with Gasteiger partial charge in [0.15, 0.2) is 11.7 Å². The summed E-state index contributed by atoms with van der Waals surface area (Å²) in [5.41, 5.74) is 1.23. The largest absolute Gasteiger partial charge is 0.441 e. The maximum atomic E-state index is 13.8. The van der Waals surface area contributed by atoms with Crippen LogP contribution in [0.3, 0.4) is 0 Å². The Morgan fingerprint density at radius 1 is 1.12 bits per heavy atom. The third-order valence-electron chi connectivity index (χ3n) is 4.07. The number of rotatable bonds is 6. The molecule has 1 amide bonds. The Balaban J connectivity index is 1.69. The van der Waals surface area contributed by atoms with E-state index < -0.39 is 0 Å².